The van der Waals surface area contributed by atoms with Crippen molar-refractivity contribution in [3.63, 3.8) is 0 Å². The molecule has 0 aliphatic rings. The van der Waals surface area contributed by atoms with Gasteiger partial charge in [-0.05, 0) is 18.2 Å². The predicted octanol–water partition coefficient (Wildman–Crippen LogP) is 1.30. The lowest BCUT2D eigenvalue weighted by Crippen LogP contribution is -2.37. The number of aliphatic hydroxyl groups is 1. The van der Waals surface area contributed by atoms with Crippen LogP contribution < -0.4 is 5.73 Å². The van der Waals surface area contributed by atoms with E-state index in [0.29, 0.717) is 12.1 Å². The second-order valence-corrected chi connectivity index (χ2v) is 6.37. The smallest absolute Gasteiger partial charge is 0.395 e. The summed E-state index contributed by atoms with van der Waals surface area (Å²) in [5.74, 6) is 0. The molecule has 1 aromatic carbocycles. The molecule has 10 heteroatoms. The largest absolute Gasteiger partial charge is 0.416 e. The van der Waals surface area contributed by atoms with Crippen molar-refractivity contribution in [2.24, 2.45) is 5.73 Å². The number of halogens is 4. The highest BCUT2D eigenvalue weighted by Gasteiger charge is 2.33. The van der Waals surface area contributed by atoms with Crippen LogP contribution in [0.15, 0.2) is 23.1 Å². The van der Waals surface area contributed by atoms with E-state index in [2.05, 4.69) is 0 Å². The molecule has 1 rings (SSSR count). The van der Waals surface area contributed by atoms with Crippen LogP contribution in [0.5, 0.6) is 0 Å². The third-order valence-electron chi connectivity index (χ3n) is 2.60. The molecule has 0 radical (unpaired) electrons. The molecule has 0 spiro atoms. The van der Waals surface area contributed by atoms with Gasteiger partial charge in [-0.3, -0.25) is 0 Å². The van der Waals surface area contributed by atoms with E-state index in [1.807, 2.05) is 0 Å². The molecule has 0 amide bonds. The standard InChI is InChI=1S/C11H14ClF3N2O3S/c12-9-7-8(11(13,14)15)1-2-10(9)21(19,20)17(4-3-16)5-6-18/h1-2,7,18H,3-6,16H2. The Balaban J connectivity index is 3.25. The molecule has 0 atom stereocenters. The molecule has 5 nitrogen and oxygen atoms in total. The zero-order valence-electron chi connectivity index (χ0n) is 10.8. The Hall–Kier alpha value is -0.870. The molecule has 0 aliphatic carbocycles. The van der Waals surface area contributed by atoms with Crippen molar-refractivity contribution in [2.45, 2.75) is 11.1 Å². The molecule has 0 saturated heterocycles. The van der Waals surface area contributed by atoms with Crippen LogP contribution in [-0.2, 0) is 16.2 Å². The van der Waals surface area contributed by atoms with Crippen LogP contribution >= 0.6 is 11.6 Å². The average Bonchev–Trinajstić information content (AvgIpc) is 2.37. The van der Waals surface area contributed by atoms with E-state index in [9.17, 15) is 21.6 Å². The normalized spacial score (nSPS) is 12.9. The minimum absolute atomic E-state index is 0.00250. The van der Waals surface area contributed by atoms with E-state index < -0.39 is 38.3 Å². The number of rotatable bonds is 6. The fourth-order valence-electron chi connectivity index (χ4n) is 1.63. The average molecular weight is 347 g/mol. The van der Waals surface area contributed by atoms with Gasteiger partial charge < -0.3 is 10.8 Å². The maximum absolute atomic E-state index is 12.5. The molecule has 0 heterocycles. The highest BCUT2D eigenvalue weighted by Crippen LogP contribution is 2.34. The Morgan fingerprint density at radius 1 is 1.29 bits per heavy atom. The maximum Gasteiger partial charge on any atom is 0.416 e. The Kier molecular flexibility index (Phi) is 6.00. The maximum atomic E-state index is 12.5. The van der Waals surface area contributed by atoms with E-state index in [1.165, 1.54) is 0 Å². The number of alkyl halides is 3. The highest BCUT2D eigenvalue weighted by molar-refractivity contribution is 7.89. The van der Waals surface area contributed by atoms with Gasteiger partial charge in [-0.1, -0.05) is 11.6 Å². The van der Waals surface area contributed by atoms with E-state index >= 15 is 0 Å². The summed E-state index contributed by atoms with van der Waals surface area (Å²) in [6.07, 6.45) is -4.62. The second kappa shape index (κ2) is 6.93. The first kappa shape index (κ1) is 18.2. The van der Waals surface area contributed by atoms with Crippen molar-refractivity contribution in [1.29, 1.82) is 0 Å². The second-order valence-electron chi connectivity index (χ2n) is 4.06. The van der Waals surface area contributed by atoms with E-state index in [-0.39, 0.29) is 19.6 Å². The van der Waals surface area contributed by atoms with E-state index in [1.54, 1.807) is 0 Å². The quantitative estimate of drug-likeness (QED) is 0.813. The van der Waals surface area contributed by atoms with Gasteiger partial charge in [-0.2, -0.15) is 17.5 Å². The molecular formula is C11H14ClF3N2O3S. The molecule has 21 heavy (non-hydrogen) atoms. The van der Waals surface area contributed by atoms with Crippen molar-refractivity contribution >= 4 is 21.6 Å². The molecule has 0 saturated carbocycles. The van der Waals surface area contributed by atoms with Gasteiger partial charge in [0.1, 0.15) is 4.90 Å². The monoisotopic (exact) mass is 346 g/mol. The molecular weight excluding hydrogens is 333 g/mol. The third kappa shape index (κ3) is 4.30. The zero-order valence-corrected chi connectivity index (χ0v) is 12.3. The number of benzene rings is 1. The first-order chi connectivity index (χ1) is 9.64. The third-order valence-corrected chi connectivity index (χ3v) is 4.99. The van der Waals surface area contributed by atoms with Crippen LogP contribution in [-0.4, -0.2) is 44.1 Å². The molecule has 120 valence electrons. The molecule has 0 unspecified atom stereocenters. The summed E-state index contributed by atoms with van der Waals surface area (Å²) in [6, 6.07) is 1.98. The van der Waals surface area contributed by atoms with Gasteiger partial charge in [0.2, 0.25) is 10.0 Å². The topological polar surface area (TPSA) is 83.6 Å². The van der Waals surface area contributed by atoms with Crippen LogP contribution in [0, 0.1) is 0 Å². The van der Waals surface area contributed by atoms with Crippen LogP contribution in [0.4, 0.5) is 13.2 Å². The van der Waals surface area contributed by atoms with Crippen molar-refractivity contribution < 1.29 is 26.7 Å². The van der Waals surface area contributed by atoms with Crippen LogP contribution in [0.2, 0.25) is 5.02 Å². The van der Waals surface area contributed by atoms with Crippen molar-refractivity contribution in [2.75, 3.05) is 26.2 Å². The SMILES string of the molecule is NCCN(CCO)S(=O)(=O)c1ccc(C(F)(F)F)cc1Cl. The van der Waals surface area contributed by atoms with Gasteiger partial charge in [-0.15, -0.1) is 0 Å². The number of hydrogen-bond acceptors (Lipinski definition) is 4. The molecule has 3 N–H and O–H groups in total. The van der Waals surface area contributed by atoms with Crippen molar-refractivity contribution in [3.05, 3.63) is 28.8 Å². The van der Waals surface area contributed by atoms with Gasteiger partial charge in [0.05, 0.1) is 17.2 Å². The van der Waals surface area contributed by atoms with E-state index in [4.69, 9.17) is 22.4 Å². The number of aliphatic hydroxyl groups excluding tert-OH is 1. The van der Waals surface area contributed by atoms with E-state index in [0.717, 1.165) is 10.4 Å². The lowest BCUT2D eigenvalue weighted by Gasteiger charge is -2.21. The molecule has 1 aromatic rings. The fourth-order valence-corrected chi connectivity index (χ4v) is 3.60. The van der Waals surface area contributed by atoms with Gasteiger partial charge in [0.15, 0.2) is 0 Å². The number of hydrogen-bond donors (Lipinski definition) is 2. The van der Waals surface area contributed by atoms with Crippen molar-refractivity contribution in [1.82, 2.24) is 4.31 Å². The molecule has 0 aliphatic heterocycles. The first-order valence-electron chi connectivity index (χ1n) is 5.82. The number of sulfonamides is 1. The summed E-state index contributed by atoms with van der Waals surface area (Å²) in [4.78, 5) is -0.459. The van der Waals surface area contributed by atoms with Gasteiger partial charge >= 0.3 is 6.18 Å². The van der Waals surface area contributed by atoms with Crippen LogP contribution in [0.3, 0.4) is 0 Å². The lowest BCUT2D eigenvalue weighted by molar-refractivity contribution is -0.137. The van der Waals surface area contributed by atoms with Gasteiger partial charge in [0.25, 0.3) is 0 Å². The van der Waals surface area contributed by atoms with Gasteiger partial charge in [0, 0.05) is 19.6 Å². The lowest BCUT2D eigenvalue weighted by atomic mass is 10.2. The molecule has 0 bridgehead atoms. The van der Waals surface area contributed by atoms with Crippen LogP contribution in [0.25, 0.3) is 0 Å². The Bertz CT molecular complexity index is 587. The van der Waals surface area contributed by atoms with Crippen LogP contribution in [0.1, 0.15) is 5.56 Å². The molecule has 0 fully saturated rings. The highest BCUT2D eigenvalue weighted by atomic mass is 35.5. The summed E-state index contributed by atoms with van der Waals surface area (Å²) in [5, 5.41) is 8.33. The summed E-state index contributed by atoms with van der Waals surface area (Å²) in [6.45, 7) is -0.758. The zero-order chi connectivity index (χ0) is 16.3. The summed E-state index contributed by atoms with van der Waals surface area (Å²) < 4.78 is 63.0. The number of nitrogens with zero attached hydrogens (tertiary/aromatic N) is 1. The minimum Gasteiger partial charge on any atom is -0.395 e. The fraction of sp³-hybridized carbons (Fsp3) is 0.455. The Morgan fingerprint density at radius 2 is 1.90 bits per heavy atom. The van der Waals surface area contributed by atoms with Crippen molar-refractivity contribution in [3.8, 4) is 0 Å². The summed E-state index contributed by atoms with van der Waals surface area (Å²) >= 11 is 5.66. The number of nitrogens with two attached hydrogens (primary N) is 1. The van der Waals surface area contributed by atoms with Gasteiger partial charge in [-0.25, -0.2) is 8.42 Å². The summed E-state index contributed by atoms with van der Waals surface area (Å²) in [5.41, 5.74) is 4.24. The minimum atomic E-state index is -4.62. The first-order valence-corrected chi connectivity index (χ1v) is 7.64. The molecule has 0 aromatic heterocycles. The summed E-state index contributed by atoms with van der Waals surface area (Å²) in [7, 11) is -4.12. The Morgan fingerprint density at radius 3 is 2.33 bits per heavy atom. The Labute approximate surface area is 125 Å². The predicted molar refractivity (Wildman–Crippen MR) is 71.4 cm³/mol.